The summed E-state index contributed by atoms with van der Waals surface area (Å²) in [6.07, 6.45) is 1.55. The molecule has 1 heterocycles. The van der Waals surface area contributed by atoms with E-state index < -0.39 is 0 Å². The van der Waals surface area contributed by atoms with Gasteiger partial charge in [0.25, 0.3) is 5.95 Å². The fourth-order valence-corrected chi connectivity index (χ4v) is 1.22. The molecular weight excluding hydrogens is 220 g/mol. The second-order valence-corrected chi connectivity index (χ2v) is 3.41. The molecule has 0 atom stereocenters. The summed E-state index contributed by atoms with van der Waals surface area (Å²) in [5, 5.41) is 20.7. The molecule has 0 saturated heterocycles. The maximum absolute atomic E-state index is 9.25. The molecule has 0 amide bonds. The molecule has 0 bridgehead atoms. The fraction of sp³-hybridized carbons (Fsp3) is 0.100. The van der Waals surface area contributed by atoms with Gasteiger partial charge in [0, 0.05) is 0 Å². The number of aromatic nitrogens is 3. The highest BCUT2D eigenvalue weighted by molar-refractivity contribution is 5.80. The molecule has 0 aliphatic heterocycles. The van der Waals surface area contributed by atoms with Crippen molar-refractivity contribution in [3.05, 3.63) is 35.7 Å². The zero-order chi connectivity index (χ0) is 12.3. The van der Waals surface area contributed by atoms with Crippen LogP contribution in [0.3, 0.4) is 0 Å². The van der Waals surface area contributed by atoms with Gasteiger partial charge in [-0.25, -0.2) is 10.1 Å². The molecule has 0 spiro atoms. The Hall–Kier alpha value is -2.57. The zero-order valence-electron chi connectivity index (χ0n) is 9.20. The third kappa shape index (κ3) is 2.51. The van der Waals surface area contributed by atoms with Gasteiger partial charge in [-0.15, -0.1) is 10.2 Å². The highest BCUT2D eigenvalue weighted by Crippen LogP contribution is 2.09. The Morgan fingerprint density at radius 3 is 2.94 bits per heavy atom. The summed E-state index contributed by atoms with van der Waals surface area (Å²) in [6, 6.07) is 6.71. The summed E-state index contributed by atoms with van der Waals surface area (Å²) in [5.41, 5.74) is 3.42. The first kappa shape index (κ1) is 10.9. The fourth-order valence-electron chi connectivity index (χ4n) is 1.22. The number of aryl methyl sites for hydroxylation is 1. The van der Waals surface area contributed by atoms with Crippen LogP contribution >= 0.6 is 0 Å². The summed E-state index contributed by atoms with van der Waals surface area (Å²) in [4.78, 5) is 0. The number of nitrogens with one attached hydrogen (secondary N) is 1. The number of phenols is 1. The van der Waals surface area contributed by atoms with Crippen molar-refractivity contribution in [1.82, 2.24) is 14.9 Å². The van der Waals surface area contributed by atoms with Crippen molar-refractivity contribution in [1.29, 1.82) is 0 Å². The molecule has 1 aromatic carbocycles. The van der Waals surface area contributed by atoms with Gasteiger partial charge >= 0.3 is 0 Å². The van der Waals surface area contributed by atoms with Crippen LogP contribution in [0.15, 0.2) is 29.4 Å². The second-order valence-electron chi connectivity index (χ2n) is 3.41. The molecule has 0 aliphatic carbocycles. The molecule has 0 fully saturated rings. The number of hydrogen-bond donors (Lipinski definition) is 3. The third-order valence-electron chi connectivity index (χ3n) is 2.11. The van der Waals surface area contributed by atoms with E-state index in [1.54, 1.807) is 31.3 Å². The summed E-state index contributed by atoms with van der Waals surface area (Å²) in [7, 11) is 0. The molecule has 2 aromatic rings. The Morgan fingerprint density at radius 1 is 1.47 bits per heavy atom. The molecule has 7 nitrogen and oxygen atoms in total. The van der Waals surface area contributed by atoms with Gasteiger partial charge in [-0.3, -0.25) is 0 Å². The summed E-state index contributed by atoms with van der Waals surface area (Å²) in [6.45, 7) is 1.73. The van der Waals surface area contributed by atoms with Crippen molar-refractivity contribution in [2.45, 2.75) is 6.92 Å². The van der Waals surface area contributed by atoms with Crippen LogP contribution in [0.5, 0.6) is 5.75 Å². The van der Waals surface area contributed by atoms with Crippen molar-refractivity contribution in [3.63, 3.8) is 0 Å². The minimum atomic E-state index is 0.187. The van der Waals surface area contributed by atoms with Crippen LogP contribution < -0.4 is 11.3 Å². The van der Waals surface area contributed by atoms with Crippen molar-refractivity contribution in [3.8, 4) is 5.75 Å². The lowest BCUT2D eigenvalue weighted by Gasteiger charge is -1.99. The molecule has 17 heavy (non-hydrogen) atoms. The van der Waals surface area contributed by atoms with Gasteiger partial charge < -0.3 is 10.9 Å². The summed E-state index contributed by atoms with van der Waals surface area (Å²) in [5.74, 6) is 6.74. The normalized spacial score (nSPS) is 10.9. The first-order valence-corrected chi connectivity index (χ1v) is 4.92. The topological polar surface area (TPSA) is 101 Å². The Bertz CT molecular complexity index is 547. The SMILES string of the molecule is Cc1nnc(N/N=C\c2cccc(O)c2)n1N. The first-order chi connectivity index (χ1) is 8.16. The van der Waals surface area contributed by atoms with E-state index in [9.17, 15) is 5.11 Å². The molecule has 0 unspecified atom stereocenters. The minimum Gasteiger partial charge on any atom is -0.508 e. The van der Waals surface area contributed by atoms with Gasteiger partial charge in [0.05, 0.1) is 6.21 Å². The number of benzene rings is 1. The van der Waals surface area contributed by atoms with Crippen LogP contribution in [-0.2, 0) is 0 Å². The molecule has 1 aromatic heterocycles. The molecule has 0 radical (unpaired) electrons. The molecule has 88 valence electrons. The number of hydrogen-bond acceptors (Lipinski definition) is 6. The standard InChI is InChI=1S/C10H12N6O/c1-7-13-15-10(16(7)11)14-12-6-8-3-2-4-9(17)5-8/h2-6,17H,11H2,1H3,(H,14,15)/b12-6-. The van der Waals surface area contributed by atoms with E-state index in [1.807, 2.05) is 6.07 Å². The van der Waals surface area contributed by atoms with Crippen molar-refractivity contribution < 1.29 is 5.11 Å². The quantitative estimate of drug-likeness (QED) is 0.405. The Balaban J connectivity index is 2.05. The van der Waals surface area contributed by atoms with E-state index >= 15 is 0 Å². The second kappa shape index (κ2) is 4.52. The van der Waals surface area contributed by atoms with Crippen LogP contribution in [0, 0.1) is 6.92 Å². The van der Waals surface area contributed by atoms with Gasteiger partial charge in [-0.05, 0) is 24.6 Å². The number of hydrazone groups is 1. The molecular formula is C10H12N6O. The lowest BCUT2D eigenvalue weighted by molar-refractivity contribution is 0.475. The highest BCUT2D eigenvalue weighted by atomic mass is 16.3. The van der Waals surface area contributed by atoms with Gasteiger partial charge in [-0.2, -0.15) is 5.10 Å². The predicted molar refractivity (Wildman–Crippen MR) is 64.2 cm³/mol. The molecule has 0 aliphatic rings. The van der Waals surface area contributed by atoms with Crippen molar-refractivity contribution >= 4 is 12.2 Å². The number of rotatable bonds is 3. The first-order valence-electron chi connectivity index (χ1n) is 4.92. The highest BCUT2D eigenvalue weighted by Gasteiger charge is 2.02. The Labute approximate surface area is 97.6 Å². The summed E-state index contributed by atoms with van der Waals surface area (Å²) < 4.78 is 1.29. The number of phenolic OH excluding ortho intramolecular Hbond substituents is 1. The molecule has 7 heteroatoms. The largest absolute Gasteiger partial charge is 0.508 e. The molecule has 4 N–H and O–H groups in total. The maximum atomic E-state index is 9.25. The van der Waals surface area contributed by atoms with Crippen molar-refractivity contribution in [2.24, 2.45) is 5.10 Å². The molecule has 2 rings (SSSR count). The third-order valence-corrected chi connectivity index (χ3v) is 2.11. The van der Waals surface area contributed by atoms with Crippen LogP contribution in [-0.4, -0.2) is 26.2 Å². The average molecular weight is 232 g/mol. The predicted octanol–water partition coefficient (Wildman–Crippen LogP) is 0.452. The van der Waals surface area contributed by atoms with Crippen LogP contribution in [0.2, 0.25) is 0 Å². The summed E-state index contributed by atoms with van der Waals surface area (Å²) >= 11 is 0. The lowest BCUT2D eigenvalue weighted by Crippen LogP contribution is -2.13. The number of nitrogens with zero attached hydrogens (tertiary/aromatic N) is 4. The number of anilines is 1. The lowest BCUT2D eigenvalue weighted by atomic mass is 10.2. The van der Waals surface area contributed by atoms with Gasteiger partial charge in [0.2, 0.25) is 0 Å². The maximum Gasteiger partial charge on any atom is 0.263 e. The zero-order valence-corrected chi connectivity index (χ0v) is 9.20. The van der Waals surface area contributed by atoms with Crippen molar-refractivity contribution in [2.75, 3.05) is 11.3 Å². The Morgan fingerprint density at radius 2 is 2.29 bits per heavy atom. The number of aromatic hydroxyl groups is 1. The van der Waals surface area contributed by atoms with E-state index in [1.165, 1.54) is 4.68 Å². The Kier molecular flexibility index (Phi) is 2.91. The van der Waals surface area contributed by atoms with Gasteiger partial charge in [0.15, 0.2) is 5.82 Å². The minimum absolute atomic E-state index is 0.187. The van der Waals surface area contributed by atoms with Crippen LogP contribution in [0.4, 0.5) is 5.95 Å². The van der Waals surface area contributed by atoms with E-state index in [0.717, 1.165) is 5.56 Å². The monoisotopic (exact) mass is 232 g/mol. The van der Waals surface area contributed by atoms with E-state index in [2.05, 4.69) is 20.7 Å². The number of nitrogen functional groups attached to an aromatic ring is 1. The van der Waals surface area contributed by atoms with E-state index in [4.69, 9.17) is 5.84 Å². The molecule has 0 saturated carbocycles. The van der Waals surface area contributed by atoms with E-state index in [-0.39, 0.29) is 5.75 Å². The van der Waals surface area contributed by atoms with E-state index in [0.29, 0.717) is 11.8 Å². The van der Waals surface area contributed by atoms with Gasteiger partial charge in [-0.1, -0.05) is 12.1 Å². The van der Waals surface area contributed by atoms with Gasteiger partial charge in [0.1, 0.15) is 5.75 Å². The average Bonchev–Trinajstić information content (AvgIpc) is 2.61. The van der Waals surface area contributed by atoms with Crippen LogP contribution in [0.1, 0.15) is 11.4 Å². The van der Waals surface area contributed by atoms with Crippen LogP contribution in [0.25, 0.3) is 0 Å². The smallest absolute Gasteiger partial charge is 0.263 e. The number of nitrogens with two attached hydrogens (primary N) is 1.